The average molecular weight is 340 g/mol. The van der Waals surface area contributed by atoms with Crippen LogP contribution in [0.1, 0.15) is 33.5 Å². The molecule has 0 fully saturated rings. The van der Waals surface area contributed by atoms with Crippen molar-refractivity contribution in [1.29, 1.82) is 0 Å². The largest absolute Gasteiger partial charge is 0.326 e. The number of aromatic nitrogens is 3. The van der Waals surface area contributed by atoms with Crippen LogP contribution in [0.4, 0.5) is 0 Å². The third-order valence-electron chi connectivity index (χ3n) is 3.90. The smallest absolute Gasteiger partial charge is 0.272 e. The van der Waals surface area contributed by atoms with Crippen LogP contribution in [0.5, 0.6) is 0 Å². The van der Waals surface area contributed by atoms with Gasteiger partial charge in [0.25, 0.3) is 5.91 Å². The van der Waals surface area contributed by atoms with Crippen molar-refractivity contribution in [2.24, 2.45) is 0 Å². The van der Waals surface area contributed by atoms with E-state index in [2.05, 4.69) is 28.5 Å². The molecule has 0 N–H and O–H groups in total. The maximum atomic E-state index is 13.1. The van der Waals surface area contributed by atoms with Gasteiger partial charge >= 0.3 is 0 Å². The lowest BCUT2D eigenvalue weighted by atomic mass is 10.2. The molecule has 0 unspecified atom stereocenters. The predicted molar refractivity (Wildman–Crippen MR) is 94.8 cm³/mol. The topological polar surface area (TPSA) is 51.0 Å². The van der Waals surface area contributed by atoms with Gasteiger partial charge in [0.15, 0.2) is 0 Å². The van der Waals surface area contributed by atoms with E-state index in [1.807, 2.05) is 30.0 Å². The number of carbonyl (C=O) groups is 1. The maximum absolute atomic E-state index is 13.1. The monoisotopic (exact) mass is 340 g/mol. The van der Waals surface area contributed by atoms with Crippen molar-refractivity contribution >= 4 is 17.2 Å². The molecule has 5 nitrogen and oxygen atoms in total. The lowest BCUT2D eigenvalue weighted by Crippen LogP contribution is -2.32. The molecule has 1 amide bonds. The van der Waals surface area contributed by atoms with Crippen LogP contribution in [0.25, 0.3) is 0 Å². The van der Waals surface area contributed by atoms with Crippen molar-refractivity contribution in [3.05, 3.63) is 69.9 Å². The fourth-order valence-electron chi connectivity index (χ4n) is 2.55. The van der Waals surface area contributed by atoms with Gasteiger partial charge in [-0.25, -0.2) is 0 Å². The summed E-state index contributed by atoms with van der Waals surface area (Å²) in [7, 11) is 0. The molecule has 3 rings (SSSR count). The summed E-state index contributed by atoms with van der Waals surface area (Å²) in [5.41, 5.74) is 2.70. The molecule has 0 spiro atoms. The Hall–Kier alpha value is -2.47. The SMILES string of the molecule is CCn1nccc1C(=O)N(Cc1ccccn1)Cc1sccc1C. The Labute approximate surface area is 145 Å². The summed E-state index contributed by atoms with van der Waals surface area (Å²) < 4.78 is 1.73. The molecule has 0 atom stereocenters. The second-order valence-electron chi connectivity index (χ2n) is 5.54. The van der Waals surface area contributed by atoms with Crippen molar-refractivity contribution in [2.75, 3.05) is 0 Å². The minimum absolute atomic E-state index is 0.0206. The van der Waals surface area contributed by atoms with Crippen molar-refractivity contribution in [3.63, 3.8) is 0 Å². The summed E-state index contributed by atoms with van der Waals surface area (Å²) in [6, 6.07) is 9.62. The third kappa shape index (κ3) is 3.54. The predicted octanol–water partition coefficient (Wildman–Crippen LogP) is 3.51. The summed E-state index contributed by atoms with van der Waals surface area (Å²) in [5, 5.41) is 6.28. The molecule has 124 valence electrons. The minimum atomic E-state index is -0.0206. The van der Waals surface area contributed by atoms with Crippen molar-refractivity contribution in [3.8, 4) is 0 Å². The lowest BCUT2D eigenvalue weighted by Gasteiger charge is -2.22. The van der Waals surface area contributed by atoms with Gasteiger partial charge in [0.05, 0.1) is 18.8 Å². The zero-order valence-corrected chi connectivity index (χ0v) is 14.7. The van der Waals surface area contributed by atoms with E-state index in [4.69, 9.17) is 0 Å². The van der Waals surface area contributed by atoms with Crippen LogP contribution in [0.15, 0.2) is 48.1 Å². The summed E-state index contributed by atoms with van der Waals surface area (Å²) in [6.45, 7) is 5.78. The lowest BCUT2D eigenvalue weighted by molar-refractivity contribution is 0.0716. The molecule has 24 heavy (non-hydrogen) atoms. The Balaban J connectivity index is 1.89. The Bertz CT molecular complexity index is 809. The van der Waals surface area contributed by atoms with E-state index in [1.165, 1.54) is 10.4 Å². The van der Waals surface area contributed by atoms with E-state index in [-0.39, 0.29) is 5.91 Å². The maximum Gasteiger partial charge on any atom is 0.272 e. The minimum Gasteiger partial charge on any atom is -0.326 e. The molecule has 3 aromatic rings. The molecular weight excluding hydrogens is 320 g/mol. The zero-order chi connectivity index (χ0) is 16.9. The number of hydrogen-bond donors (Lipinski definition) is 0. The Morgan fingerprint density at radius 1 is 1.21 bits per heavy atom. The highest BCUT2D eigenvalue weighted by molar-refractivity contribution is 7.10. The Morgan fingerprint density at radius 3 is 2.75 bits per heavy atom. The van der Waals surface area contributed by atoms with Crippen LogP contribution >= 0.6 is 11.3 Å². The Morgan fingerprint density at radius 2 is 2.08 bits per heavy atom. The van der Waals surface area contributed by atoms with E-state index in [0.717, 1.165) is 5.69 Å². The molecule has 3 aromatic heterocycles. The number of aryl methyl sites for hydroxylation is 2. The van der Waals surface area contributed by atoms with Crippen molar-refractivity contribution in [1.82, 2.24) is 19.7 Å². The molecule has 6 heteroatoms. The first-order valence-electron chi connectivity index (χ1n) is 7.93. The number of carbonyl (C=O) groups excluding carboxylic acids is 1. The first kappa shape index (κ1) is 16.4. The van der Waals surface area contributed by atoms with Gasteiger partial charge < -0.3 is 4.90 Å². The molecule has 0 saturated carbocycles. The second kappa shape index (κ2) is 7.40. The summed E-state index contributed by atoms with van der Waals surface area (Å²) in [5.74, 6) is -0.0206. The molecule has 3 heterocycles. The summed E-state index contributed by atoms with van der Waals surface area (Å²) >= 11 is 1.68. The van der Waals surface area contributed by atoms with E-state index in [1.54, 1.807) is 34.5 Å². The van der Waals surface area contributed by atoms with Crippen molar-refractivity contribution in [2.45, 2.75) is 33.5 Å². The van der Waals surface area contributed by atoms with Gasteiger partial charge in [-0.1, -0.05) is 6.07 Å². The number of amides is 1. The van der Waals surface area contributed by atoms with E-state index in [9.17, 15) is 4.79 Å². The van der Waals surface area contributed by atoms with E-state index < -0.39 is 0 Å². The molecule has 0 aliphatic rings. The summed E-state index contributed by atoms with van der Waals surface area (Å²) in [4.78, 5) is 20.5. The van der Waals surface area contributed by atoms with Crippen LogP contribution in [0, 0.1) is 6.92 Å². The van der Waals surface area contributed by atoms with Gasteiger partial charge in [-0.2, -0.15) is 5.10 Å². The van der Waals surface area contributed by atoms with E-state index in [0.29, 0.717) is 25.3 Å². The van der Waals surface area contributed by atoms with Crippen LogP contribution in [-0.4, -0.2) is 25.6 Å². The number of hydrogen-bond acceptors (Lipinski definition) is 4. The molecule has 0 aromatic carbocycles. The first-order chi connectivity index (χ1) is 11.7. The van der Waals surface area contributed by atoms with Gasteiger partial charge in [0, 0.05) is 23.8 Å². The first-order valence-corrected chi connectivity index (χ1v) is 8.81. The molecule has 0 saturated heterocycles. The molecular formula is C18H20N4OS. The van der Waals surface area contributed by atoms with Crippen LogP contribution in [-0.2, 0) is 19.6 Å². The fraction of sp³-hybridized carbons (Fsp3) is 0.278. The molecule has 0 aliphatic carbocycles. The second-order valence-corrected chi connectivity index (χ2v) is 6.54. The van der Waals surface area contributed by atoms with Crippen LogP contribution in [0.3, 0.4) is 0 Å². The number of nitrogens with zero attached hydrogens (tertiary/aromatic N) is 4. The third-order valence-corrected chi connectivity index (χ3v) is 4.91. The van der Waals surface area contributed by atoms with Gasteiger partial charge in [-0.15, -0.1) is 11.3 Å². The van der Waals surface area contributed by atoms with Crippen LogP contribution in [0.2, 0.25) is 0 Å². The number of pyridine rings is 1. The van der Waals surface area contributed by atoms with E-state index >= 15 is 0 Å². The van der Waals surface area contributed by atoms with Crippen LogP contribution < -0.4 is 0 Å². The highest BCUT2D eigenvalue weighted by Gasteiger charge is 2.21. The molecule has 0 bridgehead atoms. The number of rotatable bonds is 6. The van der Waals surface area contributed by atoms with Gasteiger partial charge in [0.2, 0.25) is 0 Å². The van der Waals surface area contributed by atoms with Gasteiger partial charge in [-0.05, 0) is 49.1 Å². The molecule has 0 aliphatic heterocycles. The van der Waals surface area contributed by atoms with Gasteiger partial charge in [0.1, 0.15) is 5.69 Å². The highest BCUT2D eigenvalue weighted by Crippen LogP contribution is 2.20. The highest BCUT2D eigenvalue weighted by atomic mass is 32.1. The Kier molecular flexibility index (Phi) is 5.05. The normalized spacial score (nSPS) is 10.8. The standard InChI is InChI=1S/C18H20N4OS/c1-3-22-16(7-10-20-22)18(23)21(12-15-6-4-5-9-19-15)13-17-14(2)8-11-24-17/h4-11H,3,12-13H2,1-2H3. The fourth-order valence-corrected chi connectivity index (χ4v) is 3.48. The summed E-state index contributed by atoms with van der Waals surface area (Å²) in [6.07, 6.45) is 3.43. The average Bonchev–Trinajstić information content (AvgIpc) is 3.23. The zero-order valence-electron chi connectivity index (χ0n) is 13.8. The number of thiophene rings is 1. The van der Waals surface area contributed by atoms with Gasteiger partial charge in [-0.3, -0.25) is 14.5 Å². The molecule has 0 radical (unpaired) electrons. The van der Waals surface area contributed by atoms with Crippen molar-refractivity contribution < 1.29 is 4.79 Å². The quantitative estimate of drug-likeness (QED) is 0.690.